The van der Waals surface area contributed by atoms with E-state index in [4.69, 9.17) is 4.84 Å². The molecule has 0 aliphatic rings. The van der Waals surface area contributed by atoms with Crippen LogP contribution in [0.5, 0.6) is 0 Å². The van der Waals surface area contributed by atoms with Crippen molar-refractivity contribution in [1.82, 2.24) is 10.8 Å². The number of rotatable bonds is 5. The Morgan fingerprint density at radius 1 is 1.43 bits per heavy atom. The molecular formula is C10H22N2O2. The molecule has 4 heteroatoms. The number of nitrogens with one attached hydrogen (secondary N) is 2. The first-order valence-corrected chi connectivity index (χ1v) is 5.05. The SMILES string of the molecule is CCC(C)NC(=O)CNOC(C)(C)C. The molecule has 0 radical (unpaired) electrons. The van der Waals surface area contributed by atoms with Crippen LogP contribution in [0.3, 0.4) is 0 Å². The van der Waals surface area contributed by atoms with Crippen molar-refractivity contribution < 1.29 is 9.63 Å². The van der Waals surface area contributed by atoms with Crippen LogP contribution >= 0.6 is 0 Å². The summed E-state index contributed by atoms with van der Waals surface area (Å²) < 4.78 is 0. The summed E-state index contributed by atoms with van der Waals surface area (Å²) in [4.78, 5) is 16.4. The molecule has 0 aromatic heterocycles. The van der Waals surface area contributed by atoms with Gasteiger partial charge in [0.2, 0.25) is 5.91 Å². The average molecular weight is 202 g/mol. The third-order valence-corrected chi connectivity index (χ3v) is 1.63. The van der Waals surface area contributed by atoms with Gasteiger partial charge < -0.3 is 5.32 Å². The van der Waals surface area contributed by atoms with Gasteiger partial charge in [0.1, 0.15) is 0 Å². The van der Waals surface area contributed by atoms with Gasteiger partial charge in [-0.3, -0.25) is 9.63 Å². The highest BCUT2D eigenvalue weighted by Gasteiger charge is 2.11. The molecule has 0 saturated carbocycles. The summed E-state index contributed by atoms with van der Waals surface area (Å²) in [5.74, 6) is -0.0383. The van der Waals surface area contributed by atoms with Gasteiger partial charge in [-0.25, -0.2) is 0 Å². The lowest BCUT2D eigenvalue weighted by Gasteiger charge is -2.19. The summed E-state index contributed by atoms with van der Waals surface area (Å²) in [5, 5.41) is 2.83. The topological polar surface area (TPSA) is 50.4 Å². The summed E-state index contributed by atoms with van der Waals surface area (Å²) >= 11 is 0. The first-order valence-electron chi connectivity index (χ1n) is 5.05. The number of hydroxylamine groups is 1. The molecule has 2 N–H and O–H groups in total. The van der Waals surface area contributed by atoms with Gasteiger partial charge in [-0.15, -0.1) is 0 Å². The van der Waals surface area contributed by atoms with E-state index in [0.717, 1.165) is 6.42 Å². The van der Waals surface area contributed by atoms with Crippen molar-refractivity contribution in [3.63, 3.8) is 0 Å². The molecule has 1 amide bonds. The van der Waals surface area contributed by atoms with Gasteiger partial charge >= 0.3 is 0 Å². The summed E-state index contributed by atoms with van der Waals surface area (Å²) in [6.45, 7) is 9.97. The van der Waals surface area contributed by atoms with E-state index < -0.39 is 0 Å². The van der Waals surface area contributed by atoms with Crippen molar-refractivity contribution in [2.24, 2.45) is 0 Å². The van der Waals surface area contributed by atoms with Gasteiger partial charge in [-0.2, -0.15) is 5.48 Å². The standard InChI is InChI=1S/C10H22N2O2/c1-6-8(2)12-9(13)7-11-14-10(3,4)5/h8,11H,6-7H2,1-5H3,(H,12,13). The highest BCUT2D eigenvalue weighted by molar-refractivity contribution is 5.78. The first-order chi connectivity index (χ1) is 6.35. The molecule has 0 rings (SSSR count). The molecule has 1 atom stereocenters. The van der Waals surface area contributed by atoms with Crippen LogP contribution in [0, 0.1) is 0 Å². The van der Waals surface area contributed by atoms with Crippen LogP contribution in [0.25, 0.3) is 0 Å². The van der Waals surface area contributed by atoms with Crippen molar-refractivity contribution in [3.8, 4) is 0 Å². The van der Waals surface area contributed by atoms with Crippen LogP contribution in [-0.2, 0) is 9.63 Å². The molecule has 14 heavy (non-hydrogen) atoms. The zero-order chi connectivity index (χ0) is 11.2. The molecule has 0 spiro atoms. The predicted molar refractivity (Wildman–Crippen MR) is 56.7 cm³/mol. The van der Waals surface area contributed by atoms with Gasteiger partial charge in [-0.1, -0.05) is 6.92 Å². The van der Waals surface area contributed by atoms with E-state index in [1.165, 1.54) is 0 Å². The molecule has 0 saturated heterocycles. The van der Waals surface area contributed by atoms with Crippen LogP contribution in [0.2, 0.25) is 0 Å². The quantitative estimate of drug-likeness (QED) is 0.659. The molecule has 0 aromatic rings. The van der Waals surface area contributed by atoms with E-state index in [9.17, 15) is 4.79 Å². The summed E-state index contributed by atoms with van der Waals surface area (Å²) in [5.41, 5.74) is 2.38. The number of hydrogen-bond donors (Lipinski definition) is 2. The second kappa shape index (κ2) is 5.98. The van der Waals surface area contributed by atoms with Crippen molar-refractivity contribution in [1.29, 1.82) is 0 Å². The molecule has 0 aliphatic heterocycles. The molecule has 0 bridgehead atoms. The Hall–Kier alpha value is -0.610. The molecule has 0 fully saturated rings. The molecular weight excluding hydrogens is 180 g/mol. The summed E-state index contributed by atoms with van der Waals surface area (Å²) in [6, 6.07) is 0.221. The smallest absolute Gasteiger partial charge is 0.236 e. The molecule has 4 nitrogen and oxygen atoms in total. The van der Waals surface area contributed by atoms with Crippen LogP contribution in [0.4, 0.5) is 0 Å². The fourth-order valence-electron chi connectivity index (χ4n) is 0.746. The van der Waals surface area contributed by atoms with Crippen LogP contribution in [0.15, 0.2) is 0 Å². The number of carbonyl (C=O) groups is 1. The molecule has 1 unspecified atom stereocenters. The third kappa shape index (κ3) is 8.01. The fraction of sp³-hybridized carbons (Fsp3) is 0.900. The van der Waals surface area contributed by atoms with Gasteiger partial charge in [0.25, 0.3) is 0 Å². The predicted octanol–water partition coefficient (Wildman–Crippen LogP) is 1.22. The van der Waals surface area contributed by atoms with Gasteiger partial charge in [0, 0.05) is 6.04 Å². The second-order valence-electron chi connectivity index (χ2n) is 4.41. The maximum Gasteiger partial charge on any atom is 0.236 e. The van der Waals surface area contributed by atoms with E-state index >= 15 is 0 Å². The van der Waals surface area contributed by atoms with Crippen molar-refractivity contribution in [2.45, 2.75) is 52.7 Å². The minimum Gasteiger partial charge on any atom is -0.352 e. The highest BCUT2D eigenvalue weighted by atomic mass is 16.7. The summed E-state index contributed by atoms with van der Waals surface area (Å²) in [7, 11) is 0. The van der Waals surface area contributed by atoms with E-state index in [1.54, 1.807) is 0 Å². The Kier molecular flexibility index (Phi) is 5.72. The van der Waals surface area contributed by atoms with Crippen molar-refractivity contribution in [3.05, 3.63) is 0 Å². The number of carbonyl (C=O) groups excluding carboxylic acids is 1. The monoisotopic (exact) mass is 202 g/mol. The third-order valence-electron chi connectivity index (χ3n) is 1.63. The van der Waals surface area contributed by atoms with Crippen LogP contribution < -0.4 is 10.8 Å². The first kappa shape index (κ1) is 13.4. The van der Waals surface area contributed by atoms with Gasteiger partial charge in [-0.05, 0) is 34.1 Å². The van der Waals surface area contributed by atoms with E-state index in [2.05, 4.69) is 10.8 Å². The Balaban J connectivity index is 3.55. The van der Waals surface area contributed by atoms with Crippen LogP contribution in [-0.4, -0.2) is 24.1 Å². The molecule has 84 valence electrons. The largest absolute Gasteiger partial charge is 0.352 e. The number of amides is 1. The Bertz CT molecular complexity index is 175. The molecule has 0 aliphatic carbocycles. The minimum absolute atomic E-state index is 0.0383. The van der Waals surface area contributed by atoms with Gasteiger partial charge in [0.05, 0.1) is 12.1 Å². The molecule has 0 heterocycles. The van der Waals surface area contributed by atoms with Crippen molar-refractivity contribution in [2.75, 3.05) is 6.54 Å². The maximum atomic E-state index is 11.2. The Morgan fingerprint density at radius 2 is 2.00 bits per heavy atom. The van der Waals surface area contributed by atoms with Gasteiger partial charge in [0.15, 0.2) is 0 Å². The maximum absolute atomic E-state index is 11.2. The van der Waals surface area contributed by atoms with E-state index in [1.807, 2.05) is 34.6 Å². The lowest BCUT2D eigenvalue weighted by atomic mass is 10.2. The Labute approximate surface area is 86.4 Å². The lowest BCUT2D eigenvalue weighted by Crippen LogP contribution is -2.41. The zero-order valence-corrected chi connectivity index (χ0v) is 9.81. The van der Waals surface area contributed by atoms with Crippen LogP contribution in [0.1, 0.15) is 41.0 Å². The Morgan fingerprint density at radius 3 is 2.43 bits per heavy atom. The minimum atomic E-state index is -0.267. The normalized spacial score (nSPS) is 13.8. The molecule has 0 aromatic carbocycles. The highest BCUT2D eigenvalue weighted by Crippen LogP contribution is 2.02. The average Bonchev–Trinajstić information content (AvgIpc) is 2.01. The van der Waals surface area contributed by atoms with E-state index in [0.29, 0.717) is 0 Å². The summed E-state index contributed by atoms with van der Waals surface area (Å²) in [6.07, 6.45) is 0.936. The second-order valence-corrected chi connectivity index (χ2v) is 4.41. The zero-order valence-electron chi connectivity index (χ0n) is 9.81. The van der Waals surface area contributed by atoms with Crippen molar-refractivity contribution >= 4 is 5.91 Å². The fourth-order valence-corrected chi connectivity index (χ4v) is 0.746. The number of hydrogen-bond acceptors (Lipinski definition) is 3. The van der Waals surface area contributed by atoms with E-state index in [-0.39, 0.29) is 24.1 Å². The lowest BCUT2D eigenvalue weighted by molar-refractivity contribution is -0.127.